The Morgan fingerprint density at radius 1 is 1.09 bits per heavy atom. The monoisotopic (exact) mass is 502 g/mol. The zero-order valence-electron chi connectivity index (χ0n) is 20.9. The average Bonchev–Trinajstić information content (AvgIpc) is 2.82. The lowest BCUT2D eigenvalue weighted by Crippen LogP contribution is -2.46. The van der Waals surface area contributed by atoms with Crippen LogP contribution in [0.1, 0.15) is 61.9 Å². The van der Waals surface area contributed by atoms with E-state index >= 15 is 0 Å². The molecule has 0 unspecified atom stereocenters. The number of benzene rings is 2. The molecule has 0 saturated carbocycles. The summed E-state index contributed by atoms with van der Waals surface area (Å²) in [7, 11) is 1.82. The lowest BCUT2D eigenvalue weighted by molar-refractivity contribution is -0.134. The molecule has 0 radical (unpaired) electrons. The molecule has 0 aliphatic carbocycles. The lowest BCUT2D eigenvalue weighted by atomic mass is 10.0. The minimum Gasteiger partial charge on any atom is -0.491 e. The number of carbonyl (C=O) groups excluding carboxylic acids is 2. The summed E-state index contributed by atoms with van der Waals surface area (Å²) in [6, 6.07) is 11.5. The molecule has 1 aliphatic heterocycles. The van der Waals surface area contributed by atoms with Crippen molar-refractivity contribution in [1.29, 1.82) is 0 Å². The number of para-hydroxylation sites is 1. The fourth-order valence-electron chi connectivity index (χ4n) is 4.54. The molecule has 2 aromatic rings. The molecule has 0 N–H and O–H groups in total. The maximum Gasteiger partial charge on any atom is 0.257 e. The van der Waals surface area contributed by atoms with Crippen LogP contribution in [0.2, 0.25) is 5.02 Å². The molecule has 1 heterocycles. The molecule has 0 bridgehead atoms. The predicted octanol–water partition coefficient (Wildman–Crippen LogP) is 5.99. The van der Waals surface area contributed by atoms with E-state index in [0.29, 0.717) is 30.3 Å². The van der Waals surface area contributed by atoms with Gasteiger partial charge in [-0.15, -0.1) is 0 Å². The van der Waals surface area contributed by atoms with Crippen LogP contribution in [0.3, 0.4) is 0 Å². The van der Waals surface area contributed by atoms with Crippen molar-refractivity contribution in [1.82, 2.24) is 9.80 Å². The van der Waals surface area contributed by atoms with E-state index < -0.39 is 5.82 Å². The number of fused-ring (bicyclic) bond motifs is 1. The van der Waals surface area contributed by atoms with Crippen molar-refractivity contribution in [2.75, 3.05) is 26.7 Å². The largest absolute Gasteiger partial charge is 0.491 e. The molecule has 35 heavy (non-hydrogen) atoms. The number of carbonyl (C=O) groups is 2. The van der Waals surface area contributed by atoms with Gasteiger partial charge in [-0.25, -0.2) is 4.39 Å². The Balaban J connectivity index is 1.90. The van der Waals surface area contributed by atoms with Crippen molar-refractivity contribution in [2.45, 2.75) is 58.4 Å². The van der Waals surface area contributed by atoms with Crippen LogP contribution in [0.25, 0.3) is 0 Å². The van der Waals surface area contributed by atoms with Gasteiger partial charge in [0.15, 0.2) is 0 Å². The van der Waals surface area contributed by atoms with Gasteiger partial charge >= 0.3 is 0 Å². The van der Waals surface area contributed by atoms with Crippen molar-refractivity contribution in [3.8, 4) is 5.75 Å². The normalized spacial score (nSPS) is 18.1. The van der Waals surface area contributed by atoms with Gasteiger partial charge in [0.05, 0.1) is 18.0 Å². The molecule has 1 aliphatic rings. The third-order valence-corrected chi connectivity index (χ3v) is 6.79. The molecule has 3 rings (SSSR count). The second kappa shape index (κ2) is 12.9. The summed E-state index contributed by atoms with van der Waals surface area (Å²) < 4.78 is 20.7. The van der Waals surface area contributed by atoms with E-state index in [1.165, 1.54) is 6.07 Å². The summed E-state index contributed by atoms with van der Waals surface area (Å²) in [5.41, 5.74) is 0.744. The van der Waals surface area contributed by atoms with E-state index in [0.717, 1.165) is 32.1 Å². The Kier molecular flexibility index (Phi) is 9.96. The van der Waals surface area contributed by atoms with E-state index in [1.54, 1.807) is 29.2 Å². The first-order valence-electron chi connectivity index (χ1n) is 12.5. The summed E-state index contributed by atoms with van der Waals surface area (Å²) in [4.78, 5) is 30.1. The van der Waals surface area contributed by atoms with Gasteiger partial charge in [0.2, 0.25) is 5.91 Å². The predicted molar refractivity (Wildman–Crippen MR) is 137 cm³/mol. The number of hydrogen-bond donors (Lipinski definition) is 0. The smallest absolute Gasteiger partial charge is 0.257 e. The van der Waals surface area contributed by atoms with Crippen LogP contribution in [-0.2, 0) is 11.2 Å². The van der Waals surface area contributed by atoms with Crippen LogP contribution in [0.15, 0.2) is 42.5 Å². The number of amides is 2. The maximum absolute atomic E-state index is 14.4. The highest BCUT2D eigenvalue weighted by Gasteiger charge is 2.27. The minimum atomic E-state index is -0.471. The Labute approximate surface area is 213 Å². The SMILES string of the molecule is CC(C)C[C@H]1COc2ccccc2C(=O)N(C)CCCCCCN1C(=O)Cc1c(F)cccc1Cl. The highest BCUT2D eigenvalue weighted by molar-refractivity contribution is 6.31. The molecule has 2 aromatic carbocycles. The Bertz CT molecular complexity index is 993. The zero-order chi connectivity index (χ0) is 25.4. The van der Waals surface area contributed by atoms with Crippen LogP contribution in [-0.4, -0.2) is 54.4 Å². The van der Waals surface area contributed by atoms with Crippen LogP contribution < -0.4 is 4.74 Å². The molecule has 0 saturated heterocycles. The topological polar surface area (TPSA) is 49.9 Å². The summed E-state index contributed by atoms with van der Waals surface area (Å²) in [5, 5.41) is 0.258. The summed E-state index contributed by atoms with van der Waals surface area (Å²) in [5.74, 6) is 0.126. The molecular formula is C28H36ClFN2O3. The zero-order valence-corrected chi connectivity index (χ0v) is 21.7. The fraction of sp³-hybridized carbons (Fsp3) is 0.500. The lowest BCUT2D eigenvalue weighted by Gasteiger charge is -2.34. The number of ether oxygens (including phenoxy) is 1. The first kappa shape index (κ1) is 27.0. The second-order valence-corrected chi connectivity index (χ2v) is 10.1. The highest BCUT2D eigenvalue weighted by Crippen LogP contribution is 2.25. The van der Waals surface area contributed by atoms with Gasteiger partial charge < -0.3 is 14.5 Å². The Morgan fingerprint density at radius 2 is 1.80 bits per heavy atom. The number of rotatable bonds is 4. The molecule has 0 spiro atoms. The van der Waals surface area contributed by atoms with E-state index in [9.17, 15) is 14.0 Å². The van der Waals surface area contributed by atoms with Crippen molar-refractivity contribution < 1.29 is 18.7 Å². The van der Waals surface area contributed by atoms with Gasteiger partial charge in [-0.1, -0.05) is 56.5 Å². The second-order valence-electron chi connectivity index (χ2n) is 9.70. The summed E-state index contributed by atoms with van der Waals surface area (Å²) in [6.45, 7) is 5.70. The van der Waals surface area contributed by atoms with E-state index in [1.807, 2.05) is 24.1 Å². The van der Waals surface area contributed by atoms with Crippen molar-refractivity contribution in [3.05, 3.63) is 64.4 Å². The number of halogens is 2. The van der Waals surface area contributed by atoms with Gasteiger partial charge in [0, 0.05) is 30.7 Å². The quantitative estimate of drug-likeness (QED) is 0.516. The molecule has 0 fully saturated rings. The van der Waals surface area contributed by atoms with Crippen LogP contribution in [0, 0.1) is 11.7 Å². The molecule has 190 valence electrons. The first-order chi connectivity index (χ1) is 16.8. The van der Waals surface area contributed by atoms with E-state index in [2.05, 4.69) is 13.8 Å². The highest BCUT2D eigenvalue weighted by atomic mass is 35.5. The molecular weight excluding hydrogens is 467 g/mol. The molecule has 0 aromatic heterocycles. The van der Waals surface area contributed by atoms with Crippen molar-refractivity contribution in [2.24, 2.45) is 5.92 Å². The minimum absolute atomic E-state index is 0.0693. The Morgan fingerprint density at radius 3 is 2.51 bits per heavy atom. The summed E-state index contributed by atoms with van der Waals surface area (Å²) in [6.07, 6.45) is 4.26. The third kappa shape index (κ3) is 7.44. The van der Waals surface area contributed by atoms with Crippen LogP contribution in [0.5, 0.6) is 5.75 Å². The Hall–Kier alpha value is -2.60. The van der Waals surface area contributed by atoms with Gasteiger partial charge in [-0.3, -0.25) is 9.59 Å². The van der Waals surface area contributed by atoms with Gasteiger partial charge in [-0.05, 0) is 49.4 Å². The first-order valence-corrected chi connectivity index (χ1v) is 12.8. The van der Waals surface area contributed by atoms with Crippen LogP contribution in [0.4, 0.5) is 4.39 Å². The van der Waals surface area contributed by atoms with Crippen LogP contribution >= 0.6 is 11.6 Å². The molecule has 7 heteroatoms. The van der Waals surface area contributed by atoms with E-state index in [-0.39, 0.29) is 41.5 Å². The standard InChI is InChI=1S/C28H36ClFN2O3/c1-20(2)17-21-19-35-26-14-7-6-11-22(26)28(34)31(3)15-8-4-5-9-16-32(21)27(33)18-23-24(29)12-10-13-25(23)30/h6-7,10-14,20-21H,4-5,8-9,15-19H2,1-3H3/t21-/m0/s1. The van der Waals surface area contributed by atoms with Gasteiger partial charge in [0.1, 0.15) is 18.2 Å². The fourth-order valence-corrected chi connectivity index (χ4v) is 4.77. The molecule has 5 nitrogen and oxygen atoms in total. The van der Waals surface area contributed by atoms with Crippen molar-refractivity contribution in [3.63, 3.8) is 0 Å². The number of nitrogens with zero attached hydrogens (tertiary/aromatic N) is 2. The molecule has 2 amide bonds. The molecule has 1 atom stereocenters. The number of hydrogen-bond acceptors (Lipinski definition) is 3. The van der Waals surface area contributed by atoms with Gasteiger partial charge in [-0.2, -0.15) is 0 Å². The maximum atomic E-state index is 14.4. The van der Waals surface area contributed by atoms with Gasteiger partial charge in [0.25, 0.3) is 5.91 Å². The third-order valence-electron chi connectivity index (χ3n) is 6.43. The van der Waals surface area contributed by atoms with E-state index in [4.69, 9.17) is 16.3 Å². The average molecular weight is 503 g/mol. The summed E-state index contributed by atoms with van der Waals surface area (Å²) >= 11 is 6.22. The van der Waals surface area contributed by atoms with Crippen molar-refractivity contribution >= 4 is 23.4 Å².